The lowest BCUT2D eigenvalue weighted by atomic mass is 9.64. The van der Waals surface area contributed by atoms with Gasteiger partial charge in [0.2, 0.25) is 0 Å². The number of aromatic nitrogens is 2. The Labute approximate surface area is 317 Å². The maximum absolute atomic E-state index is 5.45. The van der Waals surface area contributed by atoms with Gasteiger partial charge >= 0.3 is 0 Å². The lowest BCUT2D eigenvalue weighted by Gasteiger charge is -2.42. The number of rotatable bonds is 3. The predicted octanol–water partition coefficient (Wildman–Crippen LogP) is 13.1. The summed E-state index contributed by atoms with van der Waals surface area (Å²) in [5.74, 6) is 0.872. The average Bonchev–Trinajstić information content (AvgIpc) is 3.71. The number of hydrogen-bond donors (Lipinski definition) is 0. The molecule has 1 spiro atoms. The van der Waals surface area contributed by atoms with E-state index in [0.717, 1.165) is 34.8 Å². The van der Waals surface area contributed by atoms with Gasteiger partial charge in [0.05, 0.1) is 16.8 Å². The number of aryl methyl sites for hydroxylation is 2. The molecule has 3 aliphatic rings. The van der Waals surface area contributed by atoms with E-state index in [9.17, 15) is 0 Å². The van der Waals surface area contributed by atoms with E-state index in [-0.39, 0.29) is 5.92 Å². The first-order valence-electron chi connectivity index (χ1n) is 18.3. The van der Waals surface area contributed by atoms with E-state index >= 15 is 0 Å². The zero-order chi connectivity index (χ0) is 35.3. The Morgan fingerprint density at radius 3 is 2.08 bits per heavy atom. The van der Waals surface area contributed by atoms with Crippen LogP contribution in [0.15, 0.2) is 167 Å². The van der Waals surface area contributed by atoms with Gasteiger partial charge in [-0.1, -0.05) is 139 Å². The minimum absolute atomic E-state index is 0.00529. The molecule has 4 heteroatoms. The number of hydrogen-bond acceptors (Lipinski definition) is 4. The lowest BCUT2D eigenvalue weighted by Crippen LogP contribution is -2.34. The number of thiophene rings is 1. The van der Waals surface area contributed by atoms with E-state index in [1.807, 2.05) is 23.1 Å². The summed E-state index contributed by atoms with van der Waals surface area (Å²) in [6.45, 7) is 4.53. The van der Waals surface area contributed by atoms with Crippen molar-refractivity contribution in [3.63, 3.8) is 0 Å². The molecule has 3 heterocycles. The molecule has 1 aliphatic heterocycles. The first-order chi connectivity index (χ1) is 26.1. The molecular formula is C49H34N2S2. The summed E-state index contributed by atoms with van der Waals surface area (Å²) in [5, 5.41) is 2.61. The van der Waals surface area contributed by atoms with Crippen LogP contribution in [-0.2, 0) is 5.41 Å². The van der Waals surface area contributed by atoms with Gasteiger partial charge in [-0.25, -0.2) is 9.97 Å². The van der Waals surface area contributed by atoms with Gasteiger partial charge in [0, 0.05) is 47.0 Å². The fraction of sp³-hybridized carbons (Fsp3) is 0.102. The first kappa shape index (κ1) is 31.0. The van der Waals surface area contributed by atoms with E-state index in [1.165, 1.54) is 74.5 Å². The smallest absolute Gasteiger partial charge is 0.136 e. The van der Waals surface area contributed by atoms with E-state index < -0.39 is 5.41 Å². The molecule has 0 bridgehead atoms. The van der Waals surface area contributed by atoms with Gasteiger partial charge in [0.1, 0.15) is 5.82 Å². The van der Waals surface area contributed by atoms with Crippen LogP contribution in [0.25, 0.3) is 48.3 Å². The number of fused-ring (bicyclic) bond motifs is 11. The third-order valence-corrected chi connectivity index (χ3v) is 13.8. The van der Waals surface area contributed by atoms with Crippen LogP contribution in [0.3, 0.4) is 0 Å². The third-order valence-electron chi connectivity index (χ3n) is 11.5. The maximum Gasteiger partial charge on any atom is 0.136 e. The normalized spacial score (nSPS) is 16.5. The van der Waals surface area contributed by atoms with Gasteiger partial charge < -0.3 is 0 Å². The fourth-order valence-corrected chi connectivity index (χ4v) is 11.6. The van der Waals surface area contributed by atoms with Gasteiger partial charge in [0.25, 0.3) is 0 Å². The Morgan fingerprint density at radius 1 is 0.604 bits per heavy atom. The van der Waals surface area contributed by atoms with Gasteiger partial charge in [-0.05, 0) is 89.6 Å². The van der Waals surface area contributed by atoms with Crippen molar-refractivity contribution < 1.29 is 0 Å². The van der Waals surface area contributed by atoms with Gasteiger partial charge in [-0.3, -0.25) is 0 Å². The maximum atomic E-state index is 5.45. The lowest BCUT2D eigenvalue weighted by molar-refractivity contribution is 0.628. The van der Waals surface area contributed by atoms with Crippen LogP contribution in [-0.4, -0.2) is 9.97 Å². The third kappa shape index (κ3) is 4.59. The molecule has 252 valence electrons. The van der Waals surface area contributed by atoms with Crippen molar-refractivity contribution in [3.8, 4) is 22.5 Å². The summed E-state index contributed by atoms with van der Waals surface area (Å²) < 4.78 is 2.59. The van der Waals surface area contributed by atoms with Gasteiger partial charge in [0.15, 0.2) is 0 Å². The van der Waals surface area contributed by atoms with E-state index in [4.69, 9.17) is 9.97 Å². The van der Waals surface area contributed by atoms with E-state index in [1.54, 1.807) is 0 Å². The summed E-state index contributed by atoms with van der Waals surface area (Å²) in [6.07, 6.45) is 5.60. The zero-order valence-corrected chi connectivity index (χ0v) is 31.1. The molecule has 1 atom stereocenters. The number of allylic oxidation sites excluding steroid dienone is 4. The Kier molecular flexibility index (Phi) is 6.86. The molecule has 0 saturated heterocycles. The van der Waals surface area contributed by atoms with Crippen LogP contribution in [0.2, 0.25) is 0 Å². The minimum Gasteiger partial charge on any atom is -0.232 e. The number of nitrogens with zero attached hydrogens (tertiary/aromatic N) is 2. The molecule has 11 rings (SSSR count). The molecule has 6 aromatic carbocycles. The highest BCUT2D eigenvalue weighted by atomic mass is 32.2. The van der Waals surface area contributed by atoms with E-state index in [2.05, 4.69) is 166 Å². The highest BCUT2D eigenvalue weighted by molar-refractivity contribution is 7.99. The summed E-state index contributed by atoms with van der Waals surface area (Å²) in [5.41, 5.74) is 14.7. The minimum atomic E-state index is -0.394. The molecule has 2 aliphatic carbocycles. The van der Waals surface area contributed by atoms with Gasteiger partial charge in [-0.2, -0.15) is 0 Å². The van der Waals surface area contributed by atoms with Crippen molar-refractivity contribution in [2.24, 2.45) is 0 Å². The fourth-order valence-electron chi connectivity index (χ4n) is 9.29. The van der Waals surface area contributed by atoms with Crippen molar-refractivity contribution in [2.75, 3.05) is 0 Å². The van der Waals surface area contributed by atoms with Crippen LogP contribution in [0.1, 0.15) is 51.5 Å². The Morgan fingerprint density at radius 2 is 1.28 bits per heavy atom. The monoisotopic (exact) mass is 714 g/mol. The predicted molar refractivity (Wildman–Crippen MR) is 222 cm³/mol. The quantitative estimate of drug-likeness (QED) is 0.182. The highest BCUT2D eigenvalue weighted by Gasteiger charge is 2.52. The van der Waals surface area contributed by atoms with Crippen molar-refractivity contribution >= 4 is 48.8 Å². The average molecular weight is 715 g/mol. The van der Waals surface area contributed by atoms with Crippen molar-refractivity contribution in [1.29, 1.82) is 0 Å². The zero-order valence-electron chi connectivity index (χ0n) is 29.4. The molecule has 53 heavy (non-hydrogen) atoms. The van der Waals surface area contributed by atoms with Gasteiger partial charge in [-0.15, -0.1) is 11.3 Å². The molecule has 0 fully saturated rings. The van der Waals surface area contributed by atoms with Crippen molar-refractivity contribution in [1.82, 2.24) is 9.97 Å². The second-order valence-electron chi connectivity index (χ2n) is 14.6. The highest BCUT2D eigenvalue weighted by Crippen LogP contribution is 2.64. The van der Waals surface area contributed by atoms with Crippen LogP contribution < -0.4 is 0 Å². The Bertz CT molecular complexity index is 2830. The van der Waals surface area contributed by atoms with Crippen molar-refractivity contribution in [3.05, 3.63) is 196 Å². The van der Waals surface area contributed by atoms with Crippen LogP contribution in [0.5, 0.6) is 0 Å². The van der Waals surface area contributed by atoms with Crippen LogP contribution in [0.4, 0.5) is 0 Å². The molecule has 0 radical (unpaired) electrons. The standard InChI is InChI=1S/C49H34N2S2/c1-29-24-30(2)47-36-23-21-33(26-39(36)49(40(47)25-29)37-15-7-10-18-44(37)53-45-19-11-8-16-38(45)49)48-50-41(31-12-4-3-5-13-31)28-42(51-48)32-20-22-35-34-14-6-9-17-43(34)52-46(35)27-32/h3-25,27-28,33H,26H2,1-2H3. The SMILES string of the molecule is Cc1cc(C)c2c(c1)C1(C3=C2C=CC(c2nc(-c4ccccc4)cc(-c4ccc5c(c4)sc4ccccc45)n2)C3)c2ccccc2Sc2ccccc21. The molecule has 2 aromatic heterocycles. The van der Waals surface area contributed by atoms with Crippen molar-refractivity contribution in [2.45, 2.75) is 41.4 Å². The second-order valence-corrected chi connectivity index (χ2v) is 16.8. The molecule has 1 unspecified atom stereocenters. The molecule has 0 amide bonds. The molecule has 0 saturated carbocycles. The number of benzene rings is 6. The largest absolute Gasteiger partial charge is 0.232 e. The first-order valence-corrected chi connectivity index (χ1v) is 20.0. The molecule has 0 N–H and O–H groups in total. The molecule has 8 aromatic rings. The van der Waals surface area contributed by atoms with Crippen LogP contribution >= 0.6 is 23.1 Å². The molecular weight excluding hydrogens is 681 g/mol. The Hall–Kier alpha value is -5.55. The van der Waals surface area contributed by atoms with Crippen LogP contribution in [0, 0.1) is 13.8 Å². The summed E-state index contributed by atoms with van der Waals surface area (Å²) in [6, 6.07) is 51.2. The Balaban J connectivity index is 1.11. The summed E-state index contributed by atoms with van der Waals surface area (Å²) in [7, 11) is 0. The summed E-state index contributed by atoms with van der Waals surface area (Å²) >= 11 is 3.75. The summed E-state index contributed by atoms with van der Waals surface area (Å²) in [4.78, 5) is 13.5. The van der Waals surface area contributed by atoms with E-state index in [0.29, 0.717) is 0 Å². The topological polar surface area (TPSA) is 25.8 Å². The molecule has 2 nitrogen and oxygen atoms in total. The second kappa shape index (κ2) is 11.7.